The lowest BCUT2D eigenvalue weighted by molar-refractivity contribution is 0.0977. The molecular weight excluding hydrogens is 402 g/mol. The first-order chi connectivity index (χ1) is 14.2. The highest BCUT2D eigenvalue weighted by atomic mass is 32.2. The number of carbonyl (C=O) groups excluding carboxylic acids is 1. The molecule has 8 heteroatoms. The highest BCUT2D eigenvalue weighted by molar-refractivity contribution is 8.13. The lowest BCUT2D eigenvalue weighted by atomic mass is 9.87. The predicted octanol–water partition coefficient (Wildman–Crippen LogP) is 3.40. The van der Waals surface area contributed by atoms with Crippen LogP contribution in [0.25, 0.3) is 0 Å². The minimum atomic E-state index is -0.391. The van der Waals surface area contributed by atoms with E-state index in [1.54, 1.807) is 35.5 Å². The molecule has 0 spiro atoms. The number of anilines is 1. The minimum absolute atomic E-state index is 0.127. The van der Waals surface area contributed by atoms with Crippen molar-refractivity contribution < 1.29 is 4.79 Å². The molecule has 0 aliphatic carbocycles. The van der Waals surface area contributed by atoms with E-state index in [1.165, 1.54) is 4.88 Å². The van der Waals surface area contributed by atoms with Gasteiger partial charge >= 0.3 is 0 Å². The van der Waals surface area contributed by atoms with Crippen LogP contribution in [0.3, 0.4) is 0 Å². The van der Waals surface area contributed by atoms with Crippen LogP contribution in [0.1, 0.15) is 15.2 Å². The zero-order valence-corrected chi connectivity index (χ0v) is 17.2. The zero-order valence-electron chi connectivity index (χ0n) is 15.6. The number of carbonyl (C=O) groups is 1. The summed E-state index contributed by atoms with van der Waals surface area (Å²) in [5.41, 5.74) is 0.242. The Labute approximate surface area is 177 Å². The highest BCUT2D eigenvalue weighted by Crippen LogP contribution is 2.47. The van der Waals surface area contributed by atoms with Gasteiger partial charge in [-0.2, -0.15) is 0 Å². The van der Waals surface area contributed by atoms with E-state index >= 15 is 0 Å². The lowest BCUT2D eigenvalue weighted by Gasteiger charge is -2.34. The average molecular weight is 422 g/mol. The molecule has 1 saturated heterocycles. The van der Waals surface area contributed by atoms with Crippen LogP contribution in [0.4, 0.5) is 5.95 Å². The molecule has 2 aromatic heterocycles. The summed E-state index contributed by atoms with van der Waals surface area (Å²) >= 11 is 3.33. The fourth-order valence-electron chi connectivity index (χ4n) is 3.90. The molecule has 2 aliphatic heterocycles. The van der Waals surface area contributed by atoms with Crippen molar-refractivity contribution in [2.45, 2.75) is 5.54 Å². The predicted molar refractivity (Wildman–Crippen MR) is 118 cm³/mol. The van der Waals surface area contributed by atoms with Crippen LogP contribution in [0.5, 0.6) is 0 Å². The summed E-state index contributed by atoms with van der Waals surface area (Å²) in [4.78, 5) is 30.1. The number of nitrogens with zero attached hydrogens (tertiary/aromatic N) is 4. The maximum Gasteiger partial charge on any atom is 0.257 e. The Morgan fingerprint density at radius 3 is 2.69 bits per heavy atom. The average Bonchev–Trinajstić information content (AvgIpc) is 3.43. The van der Waals surface area contributed by atoms with Gasteiger partial charge in [0.25, 0.3) is 5.91 Å². The molecular formula is C21H19N5OS2. The van der Waals surface area contributed by atoms with Crippen molar-refractivity contribution in [1.82, 2.24) is 15.3 Å². The Balaban J connectivity index is 1.47. The van der Waals surface area contributed by atoms with Crippen molar-refractivity contribution in [1.29, 1.82) is 0 Å². The summed E-state index contributed by atoms with van der Waals surface area (Å²) in [6, 6.07) is 15.3. The number of aromatic nitrogens is 2. The van der Waals surface area contributed by atoms with Gasteiger partial charge in [0, 0.05) is 41.0 Å². The van der Waals surface area contributed by atoms with Crippen molar-refractivity contribution >= 4 is 40.1 Å². The van der Waals surface area contributed by atoms with Crippen LogP contribution in [-0.4, -0.2) is 39.9 Å². The highest BCUT2D eigenvalue weighted by Gasteiger charge is 2.51. The van der Waals surface area contributed by atoms with Crippen molar-refractivity contribution in [2.75, 3.05) is 23.7 Å². The molecule has 0 saturated carbocycles. The van der Waals surface area contributed by atoms with Gasteiger partial charge < -0.3 is 10.2 Å². The number of hydrogen-bond acceptors (Lipinski definition) is 7. The van der Waals surface area contributed by atoms with E-state index in [1.807, 2.05) is 36.4 Å². The van der Waals surface area contributed by atoms with E-state index in [2.05, 4.69) is 37.7 Å². The van der Waals surface area contributed by atoms with Crippen molar-refractivity contribution in [3.8, 4) is 0 Å². The van der Waals surface area contributed by atoms with E-state index < -0.39 is 5.54 Å². The number of amides is 1. The Hall–Kier alpha value is -2.71. The summed E-state index contributed by atoms with van der Waals surface area (Å²) in [5.74, 6) is 1.81. The monoisotopic (exact) mass is 421 g/mol. The summed E-state index contributed by atoms with van der Waals surface area (Å²) < 4.78 is 0. The second-order valence-electron chi connectivity index (χ2n) is 7.08. The van der Waals surface area contributed by atoms with Crippen molar-refractivity contribution in [3.63, 3.8) is 0 Å². The van der Waals surface area contributed by atoms with Gasteiger partial charge in [0.05, 0.1) is 6.54 Å². The first-order valence-electron chi connectivity index (χ1n) is 9.40. The van der Waals surface area contributed by atoms with E-state index in [9.17, 15) is 4.79 Å². The van der Waals surface area contributed by atoms with Crippen molar-refractivity contribution in [3.05, 3.63) is 76.7 Å². The van der Waals surface area contributed by atoms with E-state index in [0.29, 0.717) is 23.2 Å². The number of fused-ring (bicyclic) bond motifs is 1. The number of thioether (sulfide) groups is 1. The second-order valence-corrected chi connectivity index (χ2v) is 9.03. The number of hydrogen-bond donors (Lipinski definition) is 1. The zero-order chi connectivity index (χ0) is 19.7. The molecule has 4 heterocycles. The van der Waals surface area contributed by atoms with E-state index in [0.717, 1.165) is 18.2 Å². The number of aliphatic imine (C=N–C) groups is 1. The van der Waals surface area contributed by atoms with E-state index in [4.69, 9.17) is 4.99 Å². The fourth-order valence-corrected chi connectivity index (χ4v) is 5.98. The topological polar surface area (TPSA) is 70.5 Å². The van der Waals surface area contributed by atoms with Crippen LogP contribution in [-0.2, 0) is 5.54 Å². The standard InChI is InChI=1S/C21H19N5OS2/c27-18(15-6-2-1-3-7-15)24-20-25-21(17-8-4-11-28-17)14-26(12-16(21)13-29-20)19-22-9-5-10-23-19/h1-11,16H,12-14H2,(H,24,25,27)/t16-,21-/m0/s1. The van der Waals surface area contributed by atoms with Crippen LogP contribution in [0.15, 0.2) is 71.3 Å². The third-order valence-electron chi connectivity index (χ3n) is 5.31. The number of nitrogens with one attached hydrogen (secondary N) is 1. The van der Waals surface area contributed by atoms with Gasteiger partial charge in [-0.25, -0.2) is 15.0 Å². The van der Waals surface area contributed by atoms with Crippen LogP contribution in [0.2, 0.25) is 0 Å². The SMILES string of the molecule is O=C(NC1=N[C@@]2(c3cccs3)CN(c3ncccn3)C[C@H]2CS1)c1ccccc1. The molecule has 0 radical (unpaired) electrons. The molecule has 0 unspecified atom stereocenters. The minimum Gasteiger partial charge on any atom is -0.338 e. The summed E-state index contributed by atoms with van der Waals surface area (Å²) in [7, 11) is 0. The first-order valence-corrected chi connectivity index (χ1v) is 11.3. The third kappa shape index (κ3) is 3.42. The molecule has 0 bridgehead atoms. The molecule has 146 valence electrons. The Morgan fingerprint density at radius 1 is 1.10 bits per heavy atom. The van der Waals surface area contributed by atoms with Gasteiger partial charge in [-0.3, -0.25) is 4.79 Å². The lowest BCUT2D eigenvalue weighted by Crippen LogP contribution is -2.42. The molecule has 2 aliphatic rings. The second kappa shape index (κ2) is 7.61. The smallest absolute Gasteiger partial charge is 0.257 e. The quantitative estimate of drug-likeness (QED) is 0.702. The maximum absolute atomic E-state index is 12.6. The number of rotatable bonds is 3. The molecule has 1 N–H and O–H groups in total. The maximum atomic E-state index is 12.6. The van der Waals surface area contributed by atoms with Gasteiger partial charge in [-0.1, -0.05) is 36.0 Å². The molecule has 2 atom stereocenters. The molecule has 29 heavy (non-hydrogen) atoms. The summed E-state index contributed by atoms with van der Waals surface area (Å²) in [6.45, 7) is 1.55. The summed E-state index contributed by atoms with van der Waals surface area (Å²) in [5, 5.41) is 5.78. The van der Waals surface area contributed by atoms with Gasteiger partial charge in [-0.05, 0) is 29.6 Å². The van der Waals surface area contributed by atoms with Gasteiger partial charge in [0.1, 0.15) is 5.54 Å². The van der Waals surface area contributed by atoms with Crippen LogP contribution >= 0.6 is 23.1 Å². The molecule has 5 rings (SSSR count). The molecule has 3 aromatic rings. The molecule has 1 fully saturated rings. The molecule has 1 amide bonds. The Bertz CT molecular complexity index is 1030. The number of thiophene rings is 1. The number of amidine groups is 1. The number of benzene rings is 1. The Morgan fingerprint density at radius 2 is 1.93 bits per heavy atom. The first kappa shape index (κ1) is 18.3. The van der Waals surface area contributed by atoms with Crippen molar-refractivity contribution in [2.24, 2.45) is 10.9 Å². The fraction of sp³-hybridized carbons (Fsp3) is 0.238. The Kier molecular flexibility index (Phi) is 4.81. The van der Waals surface area contributed by atoms with E-state index in [-0.39, 0.29) is 5.91 Å². The van der Waals surface area contributed by atoms with Gasteiger partial charge in [0.2, 0.25) is 5.95 Å². The largest absolute Gasteiger partial charge is 0.338 e. The molecule has 6 nitrogen and oxygen atoms in total. The van der Waals surface area contributed by atoms with Crippen LogP contribution in [0, 0.1) is 5.92 Å². The van der Waals surface area contributed by atoms with Gasteiger partial charge in [0.15, 0.2) is 5.17 Å². The van der Waals surface area contributed by atoms with Gasteiger partial charge in [-0.15, -0.1) is 11.3 Å². The van der Waals surface area contributed by atoms with Crippen LogP contribution < -0.4 is 10.2 Å². The molecule has 1 aromatic carbocycles. The normalized spacial score (nSPS) is 23.4. The third-order valence-corrected chi connectivity index (χ3v) is 7.38. The summed E-state index contributed by atoms with van der Waals surface area (Å²) in [6.07, 6.45) is 3.54.